The molecular formula is C11H18F3NO3. The third-order valence-electron chi connectivity index (χ3n) is 3.30. The molecule has 4 nitrogen and oxygen atoms in total. The molecule has 0 aromatic rings. The highest BCUT2D eigenvalue weighted by molar-refractivity contribution is 5.70. The summed E-state index contributed by atoms with van der Waals surface area (Å²) in [5.74, 6) is -1.32. The molecule has 0 aromatic heterocycles. The van der Waals surface area contributed by atoms with E-state index in [0.29, 0.717) is 25.7 Å². The molecular weight excluding hydrogens is 251 g/mol. The first kappa shape index (κ1) is 15.2. The van der Waals surface area contributed by atoms with Crippen molar-refractivity contribution in [3.8, 4) is 0 Å². The Balaban J connectivity index is 2.24. The van der Waals surface area contributed by atoms with Crippen LogP contribution in [0, 0.1) is 5.92 Å². The fourth-order valence-electron chi connectivity index (χ4n) is 2.13. The number of halogens is 3. The summed E-state index contributed by atoms with van der Waals surface area (Å²) in [6.07, 6.45) is -3.77. The van der Waals surface area contributed by atoms with Gasteiger partial charge in [-0.15, -0.1) is 0 Å². The highest BCUT2D eigenvalue weighted by Crippen LogP contribution is 2.31. The predicted molar refractivity (Wildman–Crippen MR) is 58.1 cm³/mol. The number of rotatable bonds is 5. The number of aliphatic hydroxyl groups is 1. The van der Waals surface area contributed by atoms with Crippen molar-refractivity contribution in [1.29, 1.82) is 0 Å². The van der Waals surface area contributed by atoms with Gasteiger partial charge >= 0.3 is 12.1 Å². The zero-order chi connectivity index (χ0) is 13.8. The highest BCUT2D eigenvalue weighted by Gasteiger charge is 2.35. The van der Waals surface area contributed by atoms with Gasteiger partial charge in [0.25, 0.3) is 0 Å². The first-order valence-electron chi connectivity index (χ1n) is 5.94. The number of carboxylic acid groups (broad SMARTS) is 1. The van der Waals surface area contributed by atoms with Crippen LogP contribution in [0.15, 0.2) is 0 Å². The smallest absolute Gasteiger partial charge is 0.390 e. The second kappa shape index (κ2) is 5.88. The van der Waals surface area contributed by atoms with Crippen LogP contribution in [0.1, 0.15) is 32.1 Å². The molecule has 0 bridgehead atoms. The van der Waals surface area contributed by atoms with Gasteiger partial charge in [0.1, 0.15) is 0 Å². The van der Waals surface area contributed by atoms with Gasteiger partial charge < -0.3 is 15.5 Å². The summed E-state index contributed by atoms with van der Waals surface area (Å²) >= 11 is 0. The molecule has 0 atom stereocenters. The van der Waals surface area contributed by atoms with Crippen molar-refractivity contribution >= 4 is 5.97 Å². The van der Waals surface area contributed by atoms with E-state index in [-0.39, 0.29) is 13.1 Å². The fourth-order valence-corrected chi connectivity index (χ4v) is 2.13. The van der Waals surface area contributed by atoms with Gasteiger partial charge in [0.15, 0.2) is 0 Å². The predicted octanol–water partition coefficient (Wildman–Crippen LogP) is 1.53. The molecule has 0 aliphatic heterocycles. The largest absolute Gasteiger partial charge is 0.481 e. The molecule has 106 valence electrons. The molecule has 3 N–H and O–H groups in total. The molecule has 1 aliphatic rings. The van der Waals surface area contributed by atoms with Crippen molar-refractivity contribution < 1.29 is 28.2 Å². The lowest BCUT2D eigenvalue weighted by Crippen LogP contribution is -2.45. The SMILES string of the molecule is O=C(O)C1CCC(O)(CNCCC(F)(F)F)CC1. The van der Waals surface area contributed by atoms with E-state index in [2.05, 4.69) is 5.32 Å². The lowest BCUT2D eigenvalue weighted by atomic mass is 9.79. The summed E-state index contributed by atoms with van der Waals surface area (Å²) in [4.78, 5) is 10.7. The van der Waals surface area contributed by atoms with Crippen LogP contribution in [0.4, 0.5) is 13.2 Å². The number of nitrogens with one attached hydrogen (secondary N) is 1. The monoisotopic (exact) mass is 269 g/mol. The average molecular weight is 269 g/mol. The normalized spacial score (nSPS) is 29.2. The highest BCUT2D eigenvalue weighted by atomic mass is 19.4. The summed E-state index contributed by atoms with van der Waals surface area (Å²) < 4.78 is 35.7. The van der Waals surface area contributed by atoms with E-state index in [1.165, 1.54) is 0 Å². The fraction of sp³-hybridized carbons (Fsp3) is 0.909. The molecule has 0 amide bonds. The van der Waals surface area contributed by atoms with Gasteiger partial charge in [0.05, 0.1) is 17.9 Å². The molecule has 1 rings (SSSR count). The summed E-state index contributed by atoms with van der Waals surface area (Å²) in [5, 5.41) is 21.4. The van der Waals surface area contributed by atoms with E-state index < -0.39 is 30.1 Å². The van der Waals surface area contributed by atoms with E-state index in [1.807, 2.05) is 0 Å². The molecule has 0 heterocycles. The Bertz CT molecular complexity index is 286. The molecule has 18 heavy (non-hydrogen) atoms. The van der Waals surface area contributed by atoms with Crippen molar-refractivity contribution in [3.63, 3.8) is 0 Å². The van der Waals surface area contributed by atoms with Crippen LogP contribution in [0.5, 0.6) is 0 Å². The molecule has 1 fully saturated rings. The van der Waals surface area contributed by atoms with Crippen LogP contribution < -0.4 is 5.32 Å². The number of carboxylic acids is 1. The molecule has 0 saturated heterocycles. The van der Waals surface area contributed by atoms with Crippen LogP contribution in [0.3, 0.4) is 0 Å². The average Bonchev–Trinajstić information content (AvgIpc) is 2.24. The van der Waals surface area contributed by atoms with Crippen LogP contribution in [-0.2, 0) is 4.79 Å². The minimum Gasteiger partial charge on any atom is -0.481 e. The standard InChI is InChI=1S/C11H18F3NO3/c12-11(13,14)5-6-15-7-10(18)3-1-8(2-4-10)9(16)17/h8,15,18H,1-7H2,(H,16,17). The number of aliphatic carboxylic acids is 1. The maximum Gasteiger partial charge on any atom is 0.390 e. The number of hydrogen-bond donors (Lipinski definition) is 3. The Kier molecular flexibility index (Phi) is 4.98. The topological polar surface area (TPSA) is 69.6 Å². The zero-order valence-corrected chi connectivity index (χ0v) is 9.96. The number of hydrogen-bond acceptors (Lipinski definition) is 3. The van der Waals surface area contributed by atoms with Crippen LogP contribution in [-0.4, -0.2) is 41.0 Å². The third-order valence-corrected chi connectivity index (χ3v) is 3.30. The molecule has 1 aliphatic carbocycles. The Morgan fingerprint density at radius 3 is 2.33 bits per heavy atom. The van der Waals surface area contributed by atoms with Crippen molar-refractivity contribution in [3.05, 3.63) is 0 Å². The van der Waals surface area contributed by atoms with Crippen LogP contribution >= 0.6 is 0 Å². The molecule has 0 spiro atoms. The van der Waals surface area contributed by atoms with Gasteiger partial charge in [0.2, 0.25) is 0 Å². The number of carbonyl (C=O) groups is 1. The quantitative estimate of drug-likeness (QED) is 0.662. The van der Waals surface area contributed by atoms with Gasteiger partial charge in [-0.3, -0.25) is 4.79 Å². The molecule has 0 radical (unpaired) electrons. The molecule has 0 unspecified atom stereocenters. The number of alkyl halides is 3. The lowest BCUT2D eigenvalue weighted by molar-refractivity contribution is -0.145. The Hall–Kier alpha value is -0.820. The zero-order valence-electron chi connectivity index (χ0n) is 9.96. The van der Waals surface area contributed by atoms with Gasteiger partial charge in [0, 0.05) is 13.1 Å². The molecule has 7 heteroatoms. The summed E-state index contributed by atoms with van der Waals surface area (Å²) in [6.45, 7) is -0.149. The minimum atomic E-state index is -4.20. The molecule has 0 aromatic carbocycles. The molecule has 1 saturated carbocycles. The van der Waals surface area contributed by atoms with E-state index in [9.17, 15) is 23.1 Å². The van der Waals surface area contributed by atoms with E-state index in [0.717, 1.165) is 0 Å². The maximum absolute atomic E-state index is 11.9. The first-order valence-corrected chi connectivity index (χ1v) is 5.94. The summed E-state index contributed by atoms with van der Waals surface area (Å²) in [7, 11) is 0. The second-order valence-electron chi connectivity index (χ2n) is 4.88. The Labute approximate surface area is 103 Å². The van der Waals surface area contributed by atoms with Crippen LogP contribution in [0.25, 0.3) is 0 Å². The van der Waals surface area contributed by atoms with Gasteiger partial charge in [-0.05, 0) is 25.7 Å². The third kappa shape index (κ3) is 5.22. The summed E-state index contributed by atoms with van der Waals surface area (Å²) in [6, 6.07) is 0. The van der Waals surface area contributed by atoms with Gasteiger partial charge in [-0.25, -0.2) is 0 Å². The Morgan fingerprint density at radius 2 is 1.89 bits per heavy atom. The minimum absolute atomic E-state index is 0.0788. The lowest BCUT2D eigenvalue weighted by Gasteiger charge is -2.34. The van der Waals surface area contributed by atoms with Crippen molar-refractivity contribution in [2.24, 2.45) is 5.92 Å². The second-order valence-corrected chi connectivity index (χ2v) is 4.88. The van der Waals surface area contributed by atoms with Gasteiger partial charge in [-0.1, -0.05) is 0 Å². The van der Waals surface area contributed by atoms with Crippen molar-refractivity contribution in [1.82, 2.24) is 5.32 Å². The Morgan fingerprint density at radius 1 is 1.33 bits per heavy atom. The van der Waals surface area contributed by atoms with E-state index >= 15 is 0 Å². The van der Waals surface area contributed by atoms with E-state index in [4.69, 9.17) is 5.11 Å². The maximum atomic E-state index is 11.9. The van der Waals surface area contributed by atoms with Crippen molar-refractivity contribution in [2.75, 3.05) is 13.1 Å². The van der Waals surface area contributed by atoms with E-state index in [1.54, 1.807) is 0 Å². The van der Waals surface area contributed by atoms with Gasteiger partial charge in [-0.2, -0.15) is 13.2 Å². The first-order chi connectivity index (χ1) is 8.22. The van der Waals surface area contributed by atoms with Crippen molar-refractivity contribution in [2.45, 2.75) is 43.9 Å². The summed E-state index contributed by atoms with van der Waals surface area (Å²) in [5.41, 5.74) is -1.07. The van der Waals surface area contributed by atoms with Crippen LogP contribution in [0.2, 0.25) is 0 Å².